The van der Waals surface area contributed by atoms with E-state index in [1.54, 1.807) is 0 Å². The van der Waals surface area contributed by atoms with E-state index in [4.69, 9.17) is 5.11 Å². The number of carboxylic acids is 2. The molecule has 7 nitrogen and oxygen atoms in total. The van der Waals surface area contributed by atoms with Gasteiger partial charge in [-0.25, -0.2) is 14.4 Å². The van der Waals surface area contributed by atoms with E-state index in [1.807, 2.05) is 0 Å². The number of aliphatic carboxylic acids is 2. The molecule has 31 heavy (non-hydrogen) atoms. The van der Waals surface area contributed by atoms with E-state index in [0.717, 1.165) is 30.6 Å². The number of nitrogens with one attached hydrogen (secondary N) is 1. The number of carboxylic acid groups (broad SMARTS) is 2. The molecule has 174 valence electrons. The summed E-state index contributed by atoms with van der Waals surface area (Å²) in [5.74, 6) is -1.31. The molecular weight excluding hydrogens is 416 g/mol. The third kappa shape index (κ3) is 10.6. The molecule has 1 aliphatic rings. The smallest absolute Gasteiger partial charge is 0.327 e. The molecule has 2 atom stereocenters. The molecule has 1 rings (SSSR count). The van der Waals surface area contributed by atoms with E-state index < -0.39 is 30.1 Å². The van der Waals surface area contributed by atoms with Crippen molar-refractivity contribution >= 4 is 29.7 Å². The van der Waals surface area contributed by atoms with Gasteiger partial charge in [-0.3, -0.25) is 0 Å². The summed E-state index contributed by atoms with van der Waals surface area (Å²) in [5, 5.41) is 20.8. The molecule has 2 amide bonds. The topological polar surface area (TPSA) is 107 Å². The van der Waals surface area contributed by atoms with Gasteiger partial charge in [0.05, 0.1) is 0 Å². The fourth-order valence-corrected chi connectivity index (χ4v) is 4.02. The Kier molecular flexibility index (Phi) is 12.1. The summed E-state index contributed by atoms with van der Waals surface area (Å²) in [6, 6.07) is -2.55. The summed E-state index contributed by atoms with van der Waals surface area (Å²) in [4.78, 5) is 35.7. The van der Waals surface area contributed by atoms with E-state index in [2.05, 4.69) is 51.2 Å². The molecule has 1 fully saturated rings. The van der Waals surface area contributed by atoms with Crippen LogP contribution < -0.4 is 5.32 Å². The van der Waals surface area contributed by atoms with Crippen molar-refractivity contribution in [3.8, 4) is 0 Å². The molecule has 0 aliphatic carbocycles. The summed E-state index contributed by atoms with van der Waals surface area (Å²) < 4.78 is 0. The third-order valence-corrected chi connectivity index (χ3v) is 6.09. The van der Waals surface area contributed by atoms with Crippen LogP contribution in [0.1, 0.15) is 59.8 Å². The van der Waals surface area contributed by atoms with Crippen molar-refractivity contribution in [2.24, 2.45) is 0 Å². The molecule has 1 heterocycles. The maximum absolute atomic E-state index is 12.1. The van der Waals surface area contributed by atoms with Crippen LogP contribution in [-0.4, -0.2) is 63.2 Å². The monoisotopic (exact) mass is 452 g/mol. The van der Waals surface area contributed by atoms with Gasteiger partial charge in [0.1, 0.15) is 12.1 Å². The maximum Gasteiger partial charge on any atom is 0.327 e. The highest BCUT2D eigenvalue weighted by Gasteiger charge is 2.38. The summed E-state index contributed by atoms with van der Waals surface area (Å²) in [6.45, 7) is 8.77. The van der Waals surface area contributed by atoms with Gasteiger partial charge in [-0.05, 0) is 59.8 Å². The maximum atomic E-state index is 12.1. The minimum absolute atomic E-state index is 0.222. The molecular formula is C23H36N2O5S. The number of allylic oxidation sites excluding steroid dienone is 5. The largest absolute Gasteiger partial charge is 0.480 e. The van der Waals surface area contributed by atoms with Gasteiger partial charge in [-0.2, -0.15) is 11.8 Å². The van der Waals surface area contributed by atoms with Crippen LogP contribution in [0.2, 0.25) is 0 Å². The zero-order chi connectivity index (χ0) is 23.4. The molecule has 0 bridgehead atoms. The van der Waals surface area contributed by atoms with Gasteiger partial charge in [0.15, 0.2) is 0 Å². The van der Waals surface area contributed by atoms with Gasteiger partial charge in [0.25, 0.3) is 0 Å². The Balaban J connectivity index is 2.34. The minimum Gasteiger partial charge on any atom is -0.480 e. The molecule has 0 radical (unpaired) electrons. The first-order chi connectivity index (χ1) is 14.6. The van der Waals surface area contributed by atoms with E-state index in [1.165, 1.54) is 28.5 Å². The molecule has 1 unspecified atom stereocenters. The molecule has 0 saturated carbocycles. The highest BCUT2D eigenvalue weighted by molar-refractivity contribution is 7.99. The number of nitrogens with zero attached hydrogens (tertiary/aromatic N) is 1. The van der Waals surface area contributed by atoms with Crippen LogP contribution in [-0.2, 0) is 9.59 Å². The van der Waals surface area contributed by atoms with Crippen LogP contribution in [0.25, 0.3) is 0 Å². The number of amides is 2. The molecule has 8 heteroatoms. The summed E-state index contributed by atoms with van der Waals surface area (Å²) in [6.07, 6.45) is 11.1. The lowest BCUT2D eigenvalue weighted by Crippen LogP contribution is -2.60. The second kappa shape index (κ2) is 14.0. The second-order valence-electron chi connectivity index (χ2n) is 8.17. The number of carbonyl (C=O) groups excluding carboxylic acids is 1. The Labute approximate surface area is 189 Å². The van der Waals surface area contributed by atoms with Gasteiger partial charge >= 0.3 is 18.0 Å². The Morgan fingerprint density at radius 1 is 1.03 bits per heavy atom. The number of hydrogen-bond donors (Lipinski definition) is 3. The SMILES string of the molecule is CC(C)=CCC/C(C)=C/CC/C(C)=C/CSC[C@H](NC(=O)N1CCC1C(=O)O)C(=O)O. The van der Waals surface area contributed by atoms with Gasteiger partial charge in [0, 0.05) is 18.1 Å². The van der Waals surface area contributed by atoms with Crippen molar-refractivity contribution in [2.75, 3.05) is 18.1 Å². The van der Waals surface area contributed by atoms with Crippen LogP contribution in [0.3, 0.4) is 0 Å². The van der Waals surface area contributed by atoms with E-state index in [0.29, 0.717) is 18.7 Å². The highest BCUT2D eigenvalue weighted by atomic mass is 32.2. The molecule has 0 aromatic carbocycles. The molecule has 0 aromatic heterocycles. The van der Waals surface area contributed by atoms with Crippen molar-refractivity contribution < 1.29 is 24.6 Å². The first-order valence-corrected chi connectivity index (χ1v) is 11.8. The molecule has 0 spiro atoms. The average Bonchev–Trinajstić information content (AvgIpc) is 2.62. The van der Waals surface area contributed by atoms with Crippen LogP contribution in [0, 0.1) is 0 Å². The van der Waals surface area contributed by atoms with E-state index >= 15 is 0 Å². The van der Waals surface area contributed by atoms with E-state index in [-0.39, 0.29) is 5.75 Å². The van der Waals surface area contributed by atoms with Gasteiger partial charge in [-0.15, -0.1) is 0 Å². The van der Waals surface area contributed by atoms with Crippen molar-refractivity contribution in [1.29, 1.82) is 0 Å². The molecule has 0 aromatic rings. The quantitative estimate of drug-likeness (QED) is 0.281. The second-order valence-corrected chi connectivity index (χ2v) is 9.25. The van der Waals surface area contributed by atoms with Gasteiger partial charge in [0.2, 0.25) is 0 Å². The fourth-order valence-electron chi connectivity index (χ4n) is 3.02. The third-order valence-electron chi connectivity index (χ3n) is 5.12. The number of carbonyl (C=O) groups is 3. The van der Waals surface area contributed by atoms with Crippen LogP contribution in [0.5, 0.6) is 0 Å². The van der Waals surface area contributed by atoms with Gasteiger partial charge in [-0.1, -0.05) is 34.9 Å². The van der Waals surface area contributed by atoms with E-state index in [9.17, 15) is 19.5 Å². The molecule has 3 N–H and O–H groups in total. The lowest BCUT2D eigenvalue weighted by molar-refractivity contribution is -0.145. The Morgan fingerprint density at radius 3 is 2.16 bits per heavy atom. The van der Waals surface area contributed by atoms with Crippen LogP contribution in [0.15, 0.2) is 34.9 Å². The normalized spacial score (nSPS) is 17.5. The predicted octanol–water partition coefficient (Wildman–Crippen LogP) is 4.46. The Hall–Kier alpha value is -2.22. The zero-order valence-corrected chi connectivity index (χ0v) is 19.8. The standard InChI is InChI=1S/C23H36N2O5S/c1-16(2)7-5-8-17(3)9-6-10-18(4)12-14-31-15-19(21(26)27)24-23(30)25-13-11-20(25)22(28)29/h7,9,12,19-20H,5-6,8,10-11,13-15H2,1-4H3,(H,24,30)(H,26,27)(H,28,29)/b17-9+,18-12+/t19-,20?/m0/s1. The highest BCUT2D eigenvalue weighted by Crippen LogP contribution is 2.18. The molecule has 1 saturated heterocycles. The number of thioether (sulfide) groups is 1. The number of likely N-dealkylation sites (tertiary alicyclic amines) is 1. The zero-order valence-electron chi connectivity index (χ0n) is 19.0. The van der Waals surface area contributed by atoms with Crippen molar-refractivity contribution in [1.82, 2.24) is 10.2 Å². The predicted molar refractivity (Wildman–Crippen MR) is 125 cm³/mol. The van der Waals surface area contributed by atoms with Crippen molar-refractivity contribution in [3.63, 3.8) is 0 Å². The summed E-state index contributed by atoms with van der Waals surface area (Å²) in [7, 11) is 0. The number of urea groups is 1. The first-order valence-electron chi connectivity index (χ1n) is 10.7. The number of rotatable bonds is 13. The Morgan fingerprint density at radius 2 is 1.65 bits per heavy atom. The average molecular weight is 453 g/mol. The molecule has 1 aliphatic heterocycles. The van der Waals surface area contributed by atoms with Crippen LogP contribution in [0.4, 0.5) is 4.79 Å². The van der Waals surface area contributed by atoms with Crippen molar-refractivity contribution in [3.05, 3.63) is 34.9 Å². The lowest BCUT2D eigenvalue weighted by atomic mass is 10.0. The first kappa shape index (κ1) is 26.8. The minimum atomic E-state index is -1.12. The summed E-state index contributed by atoms with van der Waals surface area (Å²) in [5.41, 5.74) is 3.99. The number of hydrogen-bond acceptors (Lipinski definition) is 4. The summed E-state index contributed by atoms with van der Waals surface area (Å²) >= 11 is 1.43. The lowest BCUT2D eigenvalue weighted by Gasteiger charge is -2.38. The van der Waals surface area contributed by atoms with Crippen molar-refractivity contribution in [2.45, 2.75) is 71.9 Å². The van der Waals surface area contributed by atoms with Crippen LogP contribution >= 0.6 is 11.8 Å². The van der Waals surface area contributed by atoms with Gasteiger partial charge < -0.3 is 20.4 Å². The fraction of sp³-hybridized carbons (Fsp3) is 0.609. The Bertz CT molecular complexity index is 725.